The van der Waals surface area contributed by atoms with E-state index in [1.165, 1.54) is 19.3 Å². The van der Waals surface area contributed by atoms with Crippen LogP contribution in [0.4, 0.5) is 0 Å². The van der Waals surface area contributed by atoms with Gasteiger partial charge in [-0.1, -0.05) is 38.8 Å². The fourth-order valence-corrected chi connectivity index (χ4v) is 1.63. The van der Waals surface area contributed by atoms with E-state index in [2.05, 4.69) is 26.8 Å². The molecular weight excluding hydrogens is 158 g/mol. The molecule has 0 aliphatic rings. The summed E-state index contributed by atoms with van der Waals surface area (Å²) >= 11 is 0. The summed E-state index contributed by atoms with van der Waals surface area (Å²) in [6.07, 6.45) is 8.56. The van der Waals surface area contributed by atoms with E-state index >= 15 is 0 Å². The molecular formula is C12H25N. The average molecular weight is 183 g/mol. The lowest BCUT2D eigenvalue weighted by molar-refractivity contribution is 0.581. The van der Waals surface area contributed by atoms with Crippen molar-refractivity contribution >= 4 is 0 Å². The molecule has 1 heteroatoms. The predicted molar refractivity (Wildman–Crippen MR) is 60.7 cm³/mol. The van der Waals surface area contributed by atoms with Crippen molar-refractivity contribution < 1.29 is 0 Å². The Labute approximate surface area is 83.4 Å². The summed E-state index contributed by atoms with van der Waals surface area (Å²) in [5.41, 5.74) is 7.19. The van der Waals surface area contributed by atoms with Crippen molar-refractivity contribution in [3.8, 4) is 0 Å². The number of nitrogens with two attached hydrogens (primary N) is 1. The minimum Gasteiger partial charge on any atom is -0.330 e. The third-order valence-electron chi connectivity index (χ3n) is 2.52. The Morgan fingerprint density at radius 2 is 2.08 bits per heavy atom. The van der Waals surface area contributed by atoms with Crippen LogP contribution in [0.5, 0.6) is 0 Å². The van der Waals surface area contributed by atoms with E-state index < -0.39 is 0 Å². The van der Waals surface area contributed by atoms with Crippen LogP contribution in [0, 0.1) is 5.92 Å². The van der Waals surface area contributed by atoms with Gasteiger partial charge in [0.15, 0.2) is 0 Å². The lowest BCUT2D eigenvalue weighted by Gasteiger charge is -2.14. The number of allylic oxidation sites excluding steroid dienone is 2. The van der Waals surface area contributed by atoms with Crippen LogP contribution in [0.25, 0.3) is 0 Å². The number of hydrogen-bond acceptors (Lipinski definition) is 1. The first-order valence-electron chi connectivity index (χ1n) is 5.65. The van der Waals surface area contributed by atoms with Gasteiger partial charge in [-0.25, -0.2) is 0 Å². The summed E-state index contributed by atoms with van der Waals surface area (Å²) in [5.74, 6) is 0.691. The van der Waals surface area contributed by atoms with Crippen molar-refractivity contribution in [2.45, 2.75) is 52.9 Å². The van der Waals surface area contributed by atoms with Crippen LogP contribution in [-0.2, 0) is 0 Å². The summed E-state index contributed by atoms with van der Waals surface area (Å²) < 4.78 is 0. The van der Waals surface area contributed by atoms with Gasteiger partial charge in [0, 0.05) is 0 Å². The molecule has 0 heterocycles. The second kappa shape index (κ2) is 8.31. The number of unbranched alkanes of at least 4 members (excludes halogenated alkanes) is 1. The Morgan fingerprint density at radius 1 is 1.38 bits per heavy atom. The Kier molecular flexibility index (Phi) is 8.11. The van der Waals surface area contributed by atoms with E-state index in [0.717, 1.165) is 19.4 Å². The van der Waals surface area contributed by atoms with Gasteiger partial charge in [-0.3, -0.25) is 0 Å². The maximum absolute atomic E-state index is 5.56. The van der Waals surface area contributed by atoms with Gasteiger partial charge in [0.05, 0.1) is 0 Å². The van der Waals surface area contributed by atoms with Crippen LogP contribution in [0.3, 0.4) is 0 Å². The molecule has 0 rings (SSSR count). The molecule has 0 aliphatic heterocycles. The minimum absolute atomic E-state index is 0.691. The first-order valence-corrected chi connectivity index (χ1v) is 5.65. The van der Waals surface area contributed by atoms with E-state index in [0.29, 0.717) is 5.92 Å². The third kappa shape index (κ3) is 5.87. The highest BCUT2D eigenvalue weighted by atomic mass is 14.5. The third-order valence-corrected chi connectivity index (χ3v) is 2.52. The summed E-state index contributed by atoms with van der Waals surface area (Å²) in [6, 6.07) is 0. The highest BCUT2D eigenvalue weighted by Crippen LogP contribution is 2.20. The predicted octanol–water partition coefficient (Wildman–Crippen LogP) is 3.50. The molecule has 0 aromatic rings. The van der Waals surface area contributed by atoms with E-state index in [1.54, 1.807) is 5.57 Å². The maximum atomic E-state index is 5.56. The lowest BCUT2D eigenvalue weighted by Crippen LogP contribution is -2.08. The molecule has 0 fully saturated rings. The topological polar surface area (TPSA) is 26.0 Å². The summed E-state index contributed by atoms with van der Waals surface area (Å²) in [6.45, 7) is 7.57. The van der Waals surface area contributed by atoms with Crippen molar-refractivity contribution in [1.82, 2.24) is 0 Å². The molecule has 1 nitrogen and oxygen atoms in total. The van der Waals surface area contributed by atoms with Gasteiger partial charge in [-0.2, -0.15) is 0 Å². The van der Waals surface area contributed by atoms with Gasteiger partial charge in [0.2, 0.25) is 0 Å². The number of hydrogen-bond donors (Lipinski definition) is 1. The molecule has 0 aliphatic carbocycles. The fraction of sp³-hybridized carbons (Fsp3) is 0.833. The summed E-state index contributed by atoms with van der Waals surface area (Å²) in [5, 5.41) is 0. The van der Waals surface area contributed by atoms with Crippen LogP contribution in [0.15, 0.2) is 11.6 Å². The Morgan fingerprint density at radius 3 is 2.54 bits per heavy atom. The van der Waals surface area contributed by atoms with Gasteiger partial charge in [0.25, 0.3) is 0 Å². The first-order chi connectivity index (χ1) is 6.26. The molecule has 0 saturated heterocycles. The molecule has 0 aromatic carbocycles. The maximum Gasteiger partial charge on any atom is -0.00717 e. The average Bonchev–Trinajstić information content (AvgIpc) is 2.12. The minimum atomic E-state index is 0.691. The van der Waals surface area contributed by atoms with Gasteiger partial charge in [0.1, 0.15) is 0 Å². The van der Waals surface area contributed by atoms with E-state index in [9.17, 15) is 0 Å². The van der Waals surface area contributed by atoms with Gasteiger partial charge < -0.3 is 5.73 Å². The SMILES string of the molecule is CC/C=C(/CCCC)C(C)CCN. The molecule has 0 saturated carbocycles. The van der Waals surface area contributed by atoms with E-state index in [4.69, 9.17) is 5.73 Å². The summed E-state index contributed by atoms with van der Waals surface area (Å²) in [4.78, 5) is 0. The zero-order valence-electron chi connectivity index (χ0n) is 9.47. The van der Waals surface area contributed by atoms with Gasteiger partial charge in [-0.15, -0.1) is 0 Å². The lowest BCUT2D eigenvalue weighted by atomic mass is 9.92. The standard InChI is InChI=1S/C12H25N/c1-4-6-8-12(7-5-2)11(3)9-10-13/h7,11H,4-6,8-10,13H2,1-3H3/b12-7-. The first kappa shape index (κ1) is 12.7. The zero-order chi connectivity index (χ0) is 10.1. The normalized spacial score (nSPS) is 14.6. The molecule has 78 valence electrons. The molecule has 0 bridgehead atoms. The quantitative estimate of drug-likeness (QED) is 0.601. The molecule has 2 N–H and O–H groups in total. The van der Waals surface area contributed by atoms with Gasteiger partial charge in [-0.05, 0) is 38.1 Å². The van der Waals surface area contributed by atoms with Crippen molar-refractivity contribution in [2.75, 3.05) is 6.54 Å². The smallest absolute Gasteiger partial charge is 0.00717 e. The fourth-order valence-electron chi connectivity index (χ4n) is 1.63. The highest BCUT2D eigenvalue weighted by Gasteiger charge is 2.06. The Balaban J connectivity index is 3.99. The molecule has 0 amide bonds. The molecule has 13 heavy (non-hydrogen) atoms. The molecule has 0 aromatic heterocycles. The van der Waals surface area contributed by atoms with Crippen LogP contribution >= 0.6 is 0 Å². The second-order valence-electron chi connectivity index (χ2n) is 3.77. The second-order valence-corrected chi connectivity index (χ2v) is 3.77. The van der Waals surface area contributed by atoms with Crippen LogP contribution in [0.2, 0.25) is 0 Å². The summed E-state index contributed by atoms with van der Waals surface area (Å²) in [7, 11) is 0. The van der Waals surface area contributed by atoms with Crippen molar-refractivity contribution in [3.63, 3.8) is 0 Å². The Bertz CT molecular complexity index is 138. The Hall–Kier alpha value is -0.300. The van der Waals surface area contributed by atoms with Crippen LogP contribution in [-0.4, -0.2) is 6.54 Å². The molecule has 1 atom stereocenters. The van der Waals surface area contributed by atoms with E-state index in [1.807, 2.05) is 0 Å². The zero-order valence-corrected chi connectivity index (χ0v) is 9.47. The van der Waals surface area contributed by atoms with Crippen molar-refractivity contribution in [2.24, 2.45) is 11.7 Å². The van der Waals surface area contributed by atoms with Crippen LogP contribution < -0.4 is 5.73 Å². The van der Waals surface area contributed by atoms with Crippen molar-refractivity contribution in [3.05, 3.63) is 11.6 Å². The molecule has 0 spiro atoms. The largest absolute Gasteiger partial charge is 0.330 e. The molecule has 1 unspecified atom stereocenters. The van der Waals surface area contributed by atoms with Gasteiger partial charge >= 0.3 is 0 Å². The highest BCUT2D eigenvalue weighted by molar-refractivity contribution is 5.05. The molecule has 0 radical (unpaired) electrons. The number of rotatable bonds is 7. The van der Waals surface area contributed by atoms with Crippen LogP contribution in [0.1, 0.15) is 52.9 Å². The van der Waals surface area contributed by atoms with Crippen molar-refractivity contribution in [1.29, 1.82) is 0 Å². The monoisotopic (exact) mass is 183 g/mol. The van der Waals surface area contributed by atoms with E-state index in [-0.39, 0.29) is 0 Å².